The van der Waals surface area contributed by atoms with E-state index in [1.807, 2.05) is 34.9 Å². The van der Waals surface area contributed by atoms with Crippen LogP contribution in [0.4, 0.5) is 0 Å². The van der Waals surface area contributed by atoms with E-state index in [9.17, 15) is 18.3 Å². The van der Waals surface area contributed by atoms with Crippen LogP contribution in [0.15, 0.2) is 90.1 Å². The summed E-state index contributed by atoms with van der Waals surface area (Å²) in [5.41, 5.74) is 2.75. The molecule has 0 saturated carbocycles. The first-order chi connectivity index (χ1) is 18.0. The molecule has 1 aromatic heterocycles. The zero-order chi connectivity index (χ0) is 25.8. The Balaban J connectivity index is 1.58. The molecule has 190 valence electrons. The first-order valence-corrected chi connectivity index (χ1v) is 13.9. The van der Waals surface area contributed by atoms with Crippen molar-refractivity contribution in [1.82, 2.24) is 9.55 Å². The van der Waals surface area contributed by atoms with Crippen molar-refractivity contribution in [3.63, 3.8) is 0 Å². The summed E-state index contributed by atoms with van der Waals surface area (Å²) >= 11 is 0. The van der Waals surface area contributed by atoms with Crippen LogP contribution in [0.25, 0.3) is 0 Å². The van der Waals surface area contributed by atoms with Crippen LogP contribution in [0, 0.1) is 0 Å². The second-order valence-corrected chi connectivity index (χ2v) is 11.1. The molecule has 3 aromatic carbocycles. The molecule has 0 bridgehead atoms. The number of carbonyl (C=O) groups excluding carboxylic acids is 1. The highest BCUT2D eigenvalue weighted by atomic mass is 32.2. The Labute approximate surface area is 216 Å². The molecule has 1 aliphatic rings. The van der Waals surface area contributed by atoms with Gasteiger partial charge < -0.3 is 14.4 Å². The standard InChI is InChI=1S/C29H28N2O5S/c32-19-29-30-16-17-31(29)18-28(21-8-3-1-4-9-21)36-27-15-14-24-23(12-7-13-26(24)33)25(27)20-37(34,35)22-10-5-2-6-11-22/h1-6,8-11,14-17,28,32H,7,12-13,18-20H2. The Hall–Kier alpha value is -3.75. The lowest BCUT2D eigenvalue weighted by Crippen LogP contribution is -2.20. The van der Waals surface area contributed by atoms with Gasteiger partial charge in [-0.15, -0.1) is 0 Å². The molecular weight excluding hydrogens is 488 g/mol. The smallest absolute Gasteiger partial charge is 0.182 e. The molecule has 1 N–H and O–H groups in total. The number of ketones is 1. The monoisotopic (exact) mass is 516 g/mol. The number of aromatic nitrogens is 2. The van der Waals surface area contributed by atoms with Crippen molar-refractivity contribution in [1.29, 1.82) is 0 Å². The van der Waals surface area contributed by atoms with Crippen molar-refractivity contribution in [2.75, 3.05) is 0 Å². The molecule has 0 fully saturated rings. The number of hydrogen-bond donors (Lipinski definition) is 1. The van der Waals surface area contributed by atoms with Crippen molar-refractivity contribution in [2.45, 2.75) is 49.2 Å². The van der Waals surface area contributed by atoms with Crippen LogP contribution in [0.1, 0.15) is 51.8 Å². The summed E-state index contributed by atoms with van der Waals surface area (Å²) in [6.07, 6.45) is 4.65. The van der Waals surface area contributed by atoms with E-state index in [0.29, 0.717) is 48.5 Å². The van der Waals surface area contributed by atoms with Gasteiger partial charge in [-0.1, -0.05) is 48.5 Å². The molecule has 1 atom stereocenters. The Morgan fingerprint density at radius 3 is 2.43 bits per heavy atom. The summed E-state index contributed by atoms with van der Waals surface area (Å²) in [6.45, 7) is 0.150. The van der Waals surface area contributed by atoms with E-state index in [2.05, 4.69) is 4.98 Å². The number of benzene rings is 3. The van der Waals surface area contributed by atoms with Crippen molar-refractivity contribution < 1.29 is 23.1 Å². The molecule has 37 heavy (non-hydrogen) atoms. The molecule has 8 heteroatoms. The maximum atomic E-state index is 13.4. The highest BCUT2D eigenvalue weighted by molar-refractivity contribution is 7.90. The number of aliphatic hydroxyl groups is 1. The van der Waals surface area contributed by atoms with Gasteiger partial charge in [0.2, 0.25) is 0 Å². The average Bonchev–Trinajstić information content (AvgIpc) is 3.38. The van der Waals surface area contributed by atoms with Crippen LogP contribution in [0.2, 0.25) is 0 Å². The minimum atomic E-state index is -3.69. The highest BCUT2D eigenvalue weighted by Crippen LogP contribution is 2.36. The Kier molecular flexibility index (Phi) is 7.21. The number of imidazole rings is 1. The molecule has 1 unspecified atom stereocenters. The zero-order valence-electron chi connectivity index (χ0n) is 20.3. The lowest BCUT2D eigenvalue weighted by Gasteiger charge is -2.26. The van der Waals surface area contributed by atoms with Gasteiger partial charge in [0.1, 0.15) is 24.3 Å². The quantitative estimate of drug-likeness (QED) is 0.347. The van der Waals surface area contributed by atoms with E-state index in [1.165, 1.54) is 0 Å². The molecule has 7 nitrogen and oxygen atoms in total. The fourth-order valence-electron chi connectivity index (χ4n) is 4.82. The molecule has 0 amide bonds. The number of fused-ring (bicyclic) bond motifs is 1. The van der Waals surface area contributed by atoms with E-state index in [4.69, 9.17) is 4.74 Å². The first kappa shape index (κ1) is 24.9. The minimum Gasteiger partial charge on any atom is -0.484 e. The lowest BCUT2D eigenvalue weighted by molar-refractivity contribution is 0.0972. The molecule has 1 aliphatic carbocycles. The maximum Gasteiger partial charge on any atom is 0.182 e. The third-order valence-corrected chi connectivity index (χ3v) is 8.36. The summed E-state index contributed by atoms with van der Waals surface area (Å²) in [7, 11) is -3.69. The topological polar surface area (TPSA) is 98.5 Å². The molecule has 0 radical (unpaired) electrons. The average molecular weight is 517 g/mol. The summed E-state index contributed by atoms with van der Waals surface area (Å²) in [5.74, 6) is 0.703. The van der Waals surface area contributed by atoms with Gasteiger partial charge in [0.05, 0.1) is 17.2 Å². The number of carbonyl (C=O) groups is 1. The molecule has 0 spiro atoms. The molecule has 0 saturated heterocycles. The number of rotatable bonds is 9. The Bertz CT molecular complexity index is 1500. The third kappa shape index (κ3) is 5.35. The first-order valence-electron chi connectivity index (χ1n) is 12.2. The number of hydrogen-bond acceptors (Lipinski definition) is 6. The van der Waals surface area contributed by atoms with Gasteiger partial charge in [-0.25, -0.2) is 13.4 Å². The number of aliphatic hydroxyl groups excluding tert-OH is 1. The fraction of sp³-hybridized carbons (Fsp3) is 0.241. The molecule has 4 aromatic rings. The van der Waals surface area contributed by atoms with Gasteiger partial charge in [-0.05, 0) is 48.2 Å². The van der Waals surface area contributed by atoms with E-state index in [-0.39, 0.29) is 23.0 Å². The summed E-state index contributed by atoms with van der Waals surface area (Å²) in [4.78, 5) is 17.1. The van der Waals surface area contributed by atoms with Crippen molar-refractivity contribution in [3.05, 3.63) is 113 Å². The predicted octanol–water partition coefficient (Wildman–Crippen LogP) is 4.69. The lowest BCUT2D eigenvalue weighted by atomic mass is 9.87. The number of sulfone groups is 1. The molecule has 5 rings (SSSR count). The predicted molar refractivity (Wildman–Crippen MR) is 139 cm³/mol. The number of ether oxygens (including phenoxy) is 1. The number of nitrogens with zero attached hydrogens (tertiary/aromatic N) is 2. The van der Waals surface area contributed by atoms with Crippen LogP contribution >= 0.6 is 0 Å². The van der Waals surface area contributed by atoms with E-state index in [1.54, 1.807) is 54.9 Å². The van der Waals surface area contributed by atoms with Gasteiger partial charge in [0, 0.05) is 29.9 Å². The number of Topliss-reactive ketones (excluding diaryl/α,β-unsaturated/α-hetero) is 1. The van der Waals surface area contributed by atoms with E-state index < -0.39 is 15.9 Å². The van der Waals surface area contributed by atoms with Gasteiger partial charge in [0.25, 0.3) is 0 Å². The summed E-state index contributed by atoms with van der Waals surface area (Å²) in [6, 6.07) is 21.4. The van der Waals surface area contributed by atoms with Crippen LogP contribution in [-0.2, 0) is 35.2 Å². The normalized spacial score (nSPS) is 14.2. The fourth-order valence-corrected chi connectivity index (χ4v) is 6.25. The van der Waals surface area contributed by atoms with Crippen LogP contribution in [0.5, 0.6) is 5.75 Å². The third-order valence-electron chi connectivity index (χ3n) is 6.70. The van der Waals surface area contributed by atoms with Crippen LogP contribution in [-0.4, -0.2) is 28.9 Å². The Morgan fingerprint density at radius 2 is 1.70 bits per heavy atom. The Morgan fingerprint density at radius 1 is 0.973 bits per heavy atom. The SMILES string of the molecule is O=C1CCCc2c1ccc(OC(Cn1ccnc1CO)c1ccccc1)c2CS(=O)(=O)c1ccccc1. The van der Waals surface area contributed by atoms with E-state index in [0.717, 1.165) is 11.1 Å². The minimum absolute atomic E-state index is 0.0248. The van der Waals surface area contributed by atoms with Crippen LogP contribution in [0.3, 0.4) is 0 Å². The zero-order valence-corrected chi connectivity index (χ0v) is 21.1. The van der Waals surface area contributed by atoms with Crippen molar-refractivity contribution >= 4 is 15.6 Å². The molecule has 1 heterocycles. The van der Waals surface area contributed by atoms with E-state index >= 15 is 0 Å². The second-order valence-electron chi connectivity index (χ2n) is 9.09. The summed E-state index contributed by atoms with van der Waals surface area (Å²) < 4.78 is 35.3. The van der Waals surface area contributed by atoms with Crippen LogP contribution < -0.4 is 4.74 Å². The molecular formula is C29H28N2O5S. The second kappa shape index (κ2) is 10.7. The van der Waals surface area contributed by atoms with Gasteiger partial charge >= 0.3 is 0 Å². The van der Waals surface area contributed by atoms with Gasteiger partial charge in [-0.3, -0.25) is 4.79 Å². The maximum absolute atomic E-state index is 13.4. The largest absolute Gasteiger partial charge is 0.484 e. The molecule has 0 aliphatic heterocycles. The van der Waals surface area contributed by atoms with Gasteiger partial charge in [-0.2, -0.15) is 0 Å². The van der Waals surface area contributed by atoms with Crippen molar-refractivity contribution in [3.8, 4) is 5.75 Å². The van der Waals surface area contributed by atoms with Crippen molar-refractivity contribution in [2.24, 2.45) is 0 Å². The highest BCUT2D eigenvalue weighted by Gasteiger charge is 2.28. The van der Waals surface area contributed by atoms with Gasteiger partial charge in [0.15, 0.2) is 15.6 Å². The summed E-state index contributed by atoms with van der Waals surface area (Å²) in [5, 5.41) is 9.69.